The first-order valence-electron chi connectivity index (χ1n) is 12.2. The Kier molecular flexibility index (Phi) is 10.8. The van der Waals surface area contributed by atoms with Gasteiger partial charge in [0.1, 0.15) is 18.1 Å². The SMILES string of the molecule is CCC(C)C(NC(=O)C1CCCN1C(=O)C(Cc1ccccc1)NC(=O)C(N)CCC(=O)O)C(=O)O. The molecule has 5 unspecified atom stereocenters. The molecule has 3 amide bonds. The second-order valence-electron chi connectivity index (χ2n) is 9.19. The van der Waals surface area contributed by atoms with E-state index < -0.39 is 53.8 Å². The minimum atomic E-state index is -1.14. The Morgan fingerprint density at radius 2 is 1.78 bits per heavy atom. The molecule has 0 radical (unpaired) electrons. The van der Waals surface area contributed by atoms with Gasteiger partial charge in [0.05, 0.1) is 6.04 Å². The molecular weight excluding hydrogens is 468 g/mol. The topological polar surface area (TPSA) is 179 Å². The zero-order valence-corrected chi connectivity index (χ0v) is 20.7. The van der Waals surface area contributed by atoms with Crippen LogP contribution in [0.2, 0.25) is 0 Å². The van der Waals surface area contributed by atoms with Gasteiger partial charge in [0, 0.05) is 19.4 Å². The van der Waals surface area contributed by atoms with Crippen LogP contribution in [0.5, 0.6) is 0 Å². The Labute approximate surface area is 210 Å². The molecule has 11 nitrogen and oxygen atoms in total. The summed E-state index contributed by atoms with van der Waals surface area (Å²) in [6.07, 6.45) is 1.24. The van der Waals surface area contributed by atoms with Gasteiger partial charge >= 0.3 is 11.9 Å². The first-order chi connectivity index (χ1) is 17.0. The van der Waals surface area contributed by atoms with E-state index in [-0.39, 0.29) is 31.7 Å². The highest BCUT2D eigenvalue weighted by Crippen LogP contribution is 2.21. The maximum absolute atomic E-state index is 13.6. The minimum Gasteiger partial charge on any atom is -0.481 e. The van der Waals surface area contributed by atoms with E-state index in [1.54, 1.807) is 31.2 Å². The Morgan fingerprint density at radius 3 is 2.36 bits per heavy atom. The first kappa shape index (κ1) is 28.8. The van der Waals surface area contributed by atoms with Crippen molar-refractivity contribution in [1.82, 2.24) is 15.5 Å². The molecule has 1 heterocycles. The van der Waals surface area contributed by atoms with Crippen LogP contribution in [-0.2, 0) is 30.4 Å². The third kappa shape index (κ3) is 8.04. The third-order valence-corrected chi connectivity index (χ3v) is 6.52. The molecule has 1 aliphatic rings. The summed E-state index contributed by atoms with van der Waals surface area (Å²) in [5.41, 5.74) is 6.62. The van der Waals surface area contributed by atoms with E-state index in [0.29, 0.717) is 19.3 Å². The van der Waals surface area contributed by atoms with Crippen molar-refractivity contribution in [3.05, 3.63) is 35.9 Å². The van der Waals surface area contributed by atoms with Gasteiger partial charge in [-0.3, -0.25) is 19.2 Å². The van der Waals surface area contributed by atoms with Crippen molar-refractivity contribution in [1.29, 1.82) is 0 Å². The molecule has 11 heteroatoms. The maximum atomic E-state index is 13.6. The standard InChI is InChI=1S/C25H36N4O7/c1-3-15(2)21(25(35)36)28-23(33)19-10-7-13-29(19)24(34)18(14-16-8-5-4-6-9-16)27-22(32)17(26)11-12-20(30)31/h4-6,8-9,15,17-19,21H,3,7,10-14,26H2,1-2H3,(H,27,32)(H,28,33)(H,30,31)(H,35,36). The summed E-state index contributed by atoms with van der Waals surface area (Å²) in [4.78, 5) is 63.1. The second-order valence-corrected chi connectivity index (χ2v) is 9.19. The van der Waals surface area contributed by atoms with Crippen molar-refractivity contribution in [3.63, 3.8) is 0 Å². The van der Waals surface area contributed by atoms with Crippen LogP contribution < -0.4 is 16.4 Å². The van der Waals surface area contributed by atoms with E-state index in [0.717, 1.165) is 5.56 Å². The zero-order valence-electron chi connectivity index (χ0n) is 20.7. The molecule has 198 valence electrons. The van der Waals surface area contributed by atoms with Crippen LogP contribution in [0.4, 0.5) is 0 Å². The number of carbonyl (C=O) groups is 5. The molecule has 1 aromatic rings. The predicted molar refractivity (Wildman–Crippen MR) is 131 cm³/mol. The Balaban J connectivity index is 2.20. The average molecular weight is 505 g/mol. The van der Waals surface area contributed by atoms with Crippen LogP contribution in [0.15, 0.2) is 30.3 Å². The largest absolute Gasteiger partial charge is 0.481 e. The molecular formula is C25H36N4O7. The van der Waals surface area contributed by atoms with Crippen molar-refractivity contribution in [2.75, 3.05) is 6.54 Å². The third-order valence-electron chi connectivity index (χ3n) is 6.52. The van der Waals surface area contributed by atoms with E-state index in [2.05, 4.69) is 10.6 Å². The van der Waals surface area contributed by atoms with Gasteiger partial charge in [-0.2, -0.15) is 0 Å². The van der Waals surface area contributed by atoms with Crippen LogP contribution in [0.3, 0.4) is 0 Å². The molecule has 5 atom stereocenters. The Bertz CT molecular complexity index is 940. The Morgan fingerprint density at radius 1 is 1.11 bits per heavy atom. The Hall–Kier alpha value is -3.47. The number of amides is 3. The fraction of sp³-hybridized carbons (Fsp3) is 0.560. The number of aliphatic carboxylic acids is 2. The zero-order chi connectivity index (χ0) is 26.8. The van der Waals surface area contributed by atoms with Gasteiger partial charge < -0.3 is 31.5 Å². The number of nitrogens with one attached hydrogen (secondary N) is 2. The fourth-order valence-corrected chi connectivity index (χ4v) is 4.17. The minimum absolute atomic E-state index is 0.0889. The summed E-state index contributed by atoms with van der Waals surface area (Å²) >= 11 is 0. The molecule has 1 aliphatic heterocycles. The number of benzene rings is 1. The summed E-state index contributed by atoms with van der Waals surface area (Å²) in [5, 5.41) is 23.6. The van der Waals surface area contributed by atoms with Crippen molar-refractivity contribution >= 4 is 29.7 Å². The lowest BCUT2D eigenvalue weighted by Gasteiger charge is -2.30. The molecule has 0 saturated carbocycles. The molecule has 6 N–H and O–H groups in total. The normalized spacial score (nSPS) is 18.5. The highest BCUT2D eigenvalue weighted by Gasteiger charge is 2.39. The van der Waals surface area contributed by atoms with Crippen LogP contribution in [-0.4, -0.2) is 75.5 Å². The first-order valence-corrected chi connectivity index (χ1v) is 12.2. The van der Waals surface area contributed by atoms with Crippen molar-refractivity contribution < 1.29 is 34.2 Å². The molecule has 0 bridgehead atoms. The van der Waals surface area contributed by atoms with Gasteiger partial charge in [0.15, 0.2) is 0 Å². The van der Waals surface area contributed by atoms with Crippen LogP contribution in [0.1, 0.15) is 51.5 Å². The van der Waals surface area contributed by atoms with E-state index >= 15 is 0 Å². The van der Waals surface area contributed by atoms with Crippen LogP contribution >= 0.6 is 0 Å². The van der Waals surface area contributed by atoms with Crippen molar-refractivity contribution in [2.24, 2.45) is 11.7 Å². The number of hydrogen-bond acceptors (Lipinski definition) is 6. The number of carbonyl (C=O) groups excluding carboxylic acids is 3. The molecule has 1 saturated heterocycles. The van der Waals surface area contributed by atoms with Crippen molar-refractivity contribution in [2.45, 2.75) is 76.5 Å². The molecule has 1 aromatic carbocycles. The van der Waals surface area contributed by atoms with E-state index in [1.165, 1.54) is 4.90 Å². The summed E-state index contributed by atoms with van der Waals surface area (Å²) in [6, 6.07) is 4.92. The van der Waals surface area contributed by atoms with Gasteiger partial charge in [-0.25, -0.2) is 4.79 Å². The quantitative estimate of drug-likeness (QED) is 0.258. The van der Waals surface area contributed by atoms with Gasteiger partial charge in [-0.15, -0.1) is 0 Å². The van der Waals surface area contributed by atoms with Crippen LogP contribution in [0.25, 0.3) is 0 Å². The molecule has 36 heavy (non-hydrogen) atoms. The monoisotopic (exact) mass is 504 g/mol. The van der Waals surface area contributed by atoms with Gasteiger partial charge in [-0.05, 0) is 30.7 Å². The second kappa shape index (κ2) is 13.6. The number of nitrogens with two attached hydrogens (primary N) is 1. The number of carboxylic acid groups (broad SMARTS) is 2. The van der Waals surface area contributed by atoms with Gasteiger partial charge in [0.25, 0.3) is 0 Å². The van der Waals surface area contributed by atoms with Crippen molar-refractivity contribution in [3.8, 4) is 0 Å². The highest BCUT2D eigenvalue weighted by atomic mass is 16.4. The predicted octanol–water partition coefficient (Wildman–Crippen LogP) is 0.513. The molecule has 0 aliphatic carbocycles. The summed E-state index contributed by atoms with van der Waals surface area (Å²) in [6.45, 7) is 3.84. The lowest BCUT2D eigenvalue weighted by Crippen LogP contribution is -2.57. The smallest absolute Gasteiger partial charge is 0.326 e. The molecule has 2 rings (SSSR count). The van der Waals surface area contributed by atoms with E-state index in [4.69, 9.17) is 10.8 Å². The summed E-state index contributed by atoms with van der Waals surface area (Å²) in [7, 11) is 0. The highest BCUT2D eigenvalue weighted by molar-refractivity contribution is 5.94. The number of likely N-dealkylation sites (tertiary alicyclic amines) is 1. The molecule has 0 spiro atoms. The number of carboxylic acids is 2. The average Bonchev–Trinajstić information content (AvgIpc) is 3.34. The summed E-state index contributed by atoms with van der Waals surface area (Å²) < 4.78 is 0. The number of nitrogens with zero attached hydrogens (tertiary/aromatic N) is 1. The molecule has 0 aromatic heterocycles. The van der Waals surface area contributed by atoms with Crippen LogP contribution in [0, 0.1) is 5.92 Å². The lowest BCUT2D eigenvalue weighted by molar-refractivity contribution is -0.146. The maximum Gasteiger partial charge on any atom is 0.326 e. The number of hydrogen-bond donors (Lipinski definition) is 5. The van der Waals surface area contributed by atoms with E-state index in [9.17, 15) is 29.1 Å². The lowest BCUT2D eigenvalue weighted by atomic mass is 9.98. The molecule has 1 fully saturated rings. The van der Waals surface area contributed by atoms with E-state index in [1.807, 2.05) is 13.0 Å². The van der Waals surface area contributed by atoms with Gasteiger partial charge in [0.2, 0.25) is 17.7 Å². The summed E-state index contributed by atoms with van der Waals surface area (Å²) in [5.74, 6) is -4.21. The van der Waals surface area contributed by atoms with Gasteiger partial charge in [-0.1, -0.05) is 50.6 Å². The fourth-order valence-electron chi connectivity index (χ4n) is 4.17. The number of rotatable bonds is 13.